The molecular weight excluding hydrogens is 321 g/mol. The van der Waals surface area contributed by atoms with Gasteiger partial charge in [0.2, 0.25) is 0 Å². The highest BCUT2D eigenvalue weighted by atomic mass is 19.1. The minimum absolute atomic E-state index is 0.155. The van der Waals surface area contributed by atoms with E-state index in [1.807, 2.05) is 30.3 Å². The second kappa shape index (κ2) is 8.15. The summed E-state index contributed by atoms with van der Waals surface area (Å²) in [6, 6.07) is 18.9. The van der Waals surface area contributed by atoms with Crippen LogP contribution in [0.15, 0.2) is 71.1 Å². The van der Waals surface area contributed by atoms with Crippen molar-refractivity contribution in [1.82, 2.24) is 5.32 Å². The lowest BCUT2D eigenvalue weighted by atomic mass is 10.1. The van der Waals surface area contributed by atoms with Gasteiger partial charge in [0.25, 0.3) is 5.91 Å². The standard InChI is InChI=1S/C20H18FNO3/c21-17-10-5-4-9-16(17)18-11-12-19(25-18)20(23)22-13-6-14-24-15-7-2-1-3-8-15/h1-5,7-12H,6,13-14H2,(H,22,23). The summed E-state index contributed by atoms with van der Waals surface area (Å²) < 4.78 is 24.7. The third kappa shape index (κ3) is 4.47. The summed E-state index contributed by atoms with van der Waals surface area (Å²) in [5.74, 6) is 0.566. The average Bonchev–Trinajstić information content (AvgIpc) is 3.12. The molecule has 3 rings (SSSR count). The Morgan fingerprint density at radius 1 is 1.00 bits per heavy atom. The third-order valence-electron chi connectivity index (χ3n) is 3.59. The molecule has 0 radical (unpaired) electrons. The molecule has 1 aromatic heterocycles. The van der Waals surface area contributed by atoms with E-state index in [1.54, 1.807) is 24.3 Å². The van der Waals surface area contributed by atoms with E-state index in [2.05, 4.69) is 5.32 Å². The van der Waals surface area contributed by atoms with E-state index in [0.717, 1.165) is 5.75 Å². The summed E-state index contributed by atoms with van der Waals surface area (Å²) in [6.07, 6.45) is 0.668. The molecule has 0 atom stereocenters. The monoisotopic (exact) mass is 339 g/mol. The van der Waals surface area contributed by atoms with Crippen molar-refractivity contribution in [3.63, 3.8) is 0 Å². The van der Waals surface area contributed by atoms with Crippen LogP contribution in [0, 0.1) is 5.82 Å². The van der Waals surface area contributed by atoms with Crippen molar-refractivity contribution in [3.05, 3.63) is 78.3 Å². The maximum absolute atomic E-state index is 13.7. The van der Waals surface area contributed by atoms with Gasteiger partial charge >= 0.3 is 0 Å². The van der Waals surface area contributed by atoms with Gasteiger partial charge in [-0.25, -0.2) is 4.39 Å². The van der Waals surface area contributed by atoms with E-state index in [9.17, 15) is 9.18 Å². The van der Waals surface area contributed by atoms with Gasteiger partial charge < -0.3 is 14.5 Å². The predicted molar refractivity (Wildman–Crippen MR) is 93.0 cm³/mol. The number of ether oxygens (including phenoxy) is 1. The fourth-order valence-electron chi connectivity index (χ4n) is 2.33. The van der Waals surface area contributed by atoms with E-state index < -0.39 is 0 Å². The highest BCUT2D eigenvalue weighted by Crippen LogP contribution is 2.24. The Labute approximate surface area is 145 Å². The van der Waals surface area contributed by atoms with E-state index in [4.69, 9.17) is 9.15 Å². The first-order valence-electron chi connectivity index (χ1n) is 8.05. The highest BCUT2D eigenvalue weighted by molar-refractivity contribution is 5.92. The van der Waals surface area contributed by atoms with Crippen LogP contribution in [0.25, 0.3) is 11.3 Å². The first-order chi connectivity index (χ1) is 12.2. The van der Waals surface area contributed by atoms with Crippen LogP contribution in [0.5, 0.6) is 5.75 Å². The van der Waals surface area contributed by atoms with Gasteiger partial charge in [-0.2, -0.15) is 0 Å². The summed E-state index contributed by atoms with van der Waals surface area (Å²) in [5.41, 5.74) is 0.331. The van der Waals surface area contributed by atoms with E-state index in [-0.39, 0.29) is 17.5 Å². The molecule has 0 saturated carbocycles. The summed E-state index contributed by atoms with van der Waals surface area (Å²) >= 11 is 0. The number of halogens is 1. The van der Waals surface area contributed by atoms with Crippen molar-refractivity contribution >= 4 is 5.91 Å². The zero-order chi connectivity index (χ0) is 17.5. The second-order valence-corrected chi connectivity index (χ2v) is 5.41. The molecule has 0 saturated heterocycles. The minimum Gasteiger partial charge on any atom is -0.494 e. The quantitative estimate of drug-likeness (QED) is 0.654. The van der Waals surface area contributed by atoms with Crippen LogP contribution < -0.4 is 10.1 Å². The molecule has 1 amide bonds. The van der Waals surface area contributed by atoms with Crippen molar-refractivity contribution in [1.29, 1.82) is 0 Å². The number of benzene rings is 2. The van der Waals surface area contributed by atoms with Crippen molar-refractivity contribution in [3.8, 4) is 17.1 Å². The molecule has 0 unspecified atom stereocenters. The zero-order valence-corrected chi connectivity index (χ0v) is 13.6. The van der Waals surface area contributed by atoms with Crippen LogP contribution >= 0.6 is 0 Å². The van der Waals surface area contributed by atoms with Gasteiger partial charge in [0.05, 0.1) is 12.2 Å². The molecule has 2 aromatic carbocycles. The van der Waals surface area contributed by atoms with Crippen LogP contribution in [-0.4, -0.2) is 19.1 Å². The summed E-state index contributed by atoms with van der Waals surface area (Å²) in [5, 5.41) is 2.76. The van der Waals surface area contributed by atoms with Gasteiger partial charge in [0.15, 0.2) is 5.76 Å². The predicted octanol–water partition coefficient (Wildman–Crippen LogP) is 4.28. The van der Waals surface area contributed by atoms with Crippen molar-refractivity contribution in [2.24, 2.45) is 0 Å². The lowest BCUT2D eigenvalue weighted by molar-refractivity contribution is 0.0924. The molecule has 4 nitrogen and oxygen atoms in total. The van der Waals surface area contributed by atoms with Gasteiger partial charge in [-0.05, 0) is 42.8 Å². The Kier molecular flexibility index (Phi) is 5.46. The Hall–Kier alpha value is -3.08. The zero-order valence-electron chi connectivity index (χ0n) is 13.6. The van der Waals surface area contributed by atoms with Crippen molar-refractivity contribution in [2.75, 3.05) is 13.2 Å². The molecule has 1 heterocycles. The number of carbonyl (C=O) groups is 1. The molecule has 0 aliphatic carbocycles. The summed E-state index contributed by atoms with van der Waals surface area (Å²) in [6.45, 7) is 0.963. The van der Waals surface area contributed by atoms with Crippen LogP contribution in [0.2, 0.25) is 0 Å². The van der Waals surface area contributed by atoms with Crippen LogP contribution in [0.4, 0.5) is 4.39 Å². The van der Waals surface area contributed by atoms with E-state index >= 15 is 0 Å². The fourth-order valence-corrected chi connectivity index (χ4v) is 2.33. The number of amides is 1. The Balaban J connectivity index is 1.47. The molecule has 3 aromatic rings. The molecule has 25 heavy (non-hydrogen) atoms. The lowest BCUT2D eigenvalue weighted by Gasteiger charge is -2.06. The average molecular weight is 339 g/mol. The molecule has 5 heteroatoms. The number of hydrogen-bond donors (Lipinski definition) is 1. The number of rotatable bonds is 7. The number of nitrogens with one attached hydrogen (secondary N) is 1. The maximum atomic E-state index is 13.7. The Morgan fingerprint density at radius 2 is 1.76 bits per heavy atom. The van der Waals surface area contributed by atoms with E-state index in [1.165, 1.54) is 12.1 Å². The van der Waals surface area contributed by atoms with Crippen molar-refractivity contribution < 1.29 is 18.3 Å². The minimum atomic E-state index is -0.387. The maximum Gasteiger partial charge on any atom is 0.287 e. The first-order valence-corrected chi connectivity index (χ1v) is 8.05. The Morgan fingerprint density at radius 3 is 2.56 bits per heavy atom. The smallest absolute Gasteiger partial charge is 0.287 e. The number of para-hydroxylation sites is 1. The topological polar surface area (TPSA) is 51.5 Å². The van der Waals surface area contributed by atoms with Crippen LogP contribution in [0.3, 0.4) is 0 Å². The molecule has 0 aliphatic rings. The molecule has 0 aliphatic heterocycles. The summed E-state index contributed by atoms with van der Waals surface area (Å²) in [7, 11) is 0. The third-order valence-corrected chi connectivity index (χ3v) is 3.59. The number of carbonyl (C=O) groups excluding carboxylic acids is 1. The SMILES string of the molecule is O=C(NCCCOc1ccccc1)c1ccc(-c2ccccc2F)o1. The lowest BCUT2D eigenvalue weighted by Crippen LogP contribution is -2.25. The molecule has 0 fully saturated rings. The van der Waals surface area contributed by atoms with Crippen molar-refractivity contribution in [2.45, 2.75) is 6.42 Å². The Bertz CT molecular complexity index is 830. The second-order valence-electron chi connectivity index (χ2n) is 5.41. The van der Waals surface area contributed by atoms with Gasteiger partial charge in [-0.15, -0.1) is 0 Å². The largest absolute Gasteiger partial charge is 0.494 e. The van der Waals surface area contributed by atoms with Gasteiger partial charge in [0.1, 0.15) is 17.3 Å². The van der Waals surface area contributed by atoms with Gasteiger partial charge in [0, 0.05) is 6.54 Å². The highest BCUT2D eigenvalue weighted by Gasteiger charge is 2.13. The number of hydrogen-bond acceptors (Lipinski definition) is 3. The normalized spacial score (nSPS) is 10.4. The molecule has 0 bridgehead atoms. The molecule has 1 N–H and O–H groups in total. The summed E-state index contributed by atoms with van der Waals surface area (Å²) in [4.78, 5) is 12.1. The fraction of sp³-hybridized carbons (Fsp3) is 0.150. The van der Waals surface area contributed by atoms with E-state index in [0.29, 0.717) is 30.9 Å². The van der Waals surface area contributed by atoms with Gasteiger partial charge in [-0.3, -0.25) is 4.79 Å². The molecular formula is C20H18FNO3. The van der Waals surface area contributed by atoms with Gasteiger partial charge in [-0.1, -0.05) is 30.3 Å². The first kappa shape index (κ1) is 16.8. The van der Waals surface area contributed by atoms with Crippen LogP contribution in [0.1, 0.15) is 17.0 Å². The number of furan rings is 1. The van der Waals surface area contributed by atoms with Crippen LogP contribution in [-0.2, 0) is 0 Å². The molecule has 0 spiro atoms. The molecule has 128 valence electrons.